The van der Waals surface area contributed by atoms with Crippen LogP contribution in [-0.4, -0.2) is 14.2 Å². The Morgan fingerprint density at radius 2 is 1.20 bits per heavy atom. The molecule has 0 heterocycles. The summed E-state index contributed by atoms with van der Waals surface area (Å²) in [5.41, 5.74) is 12.7. The summed E-state index contributed by atoms with van der Waals surface area (Å²) in [4.78, 5) is 0.786. The second-order valence-electron chi connectivity index (χ2n) is 4.01. The standard InChI is InChI=1S/C14H18N2O3S/c1-17-20(18-2,14-9-5-12(16)6-10-14)19-13-7-3-11(15)4-8-13/h3-10H,15-16H2,1-2H3. The molecule has 0 radical (unpaired) electrons. The van der Waals surface area contributed by atoms with Gasteiger partial charge < -0.3 is 15.7 Å². The van der Waals surface area contributed by atoms with Gasteiger partial charge in [0.25, 0.3) is 0 Å². The van der Waals surface area contributed by atoms with Crippen molar-refractivity contribution in [3.8, 4) is 5.75 Å². The van der Waals surface area contributed by atoms with Crippen LogP contribution in [0, 0.1) is 0 Å². The fourth-order valence-electron chi connectivity index (χ4n) is 1.66. The molecule has 0 aliphatic rings. The van der Waals surface area contributed by atoms with Crippen molar-refractivity contribution in [3.63, 3.8) is 0 Å². The van der Waals surface area contributed by atoms with Gasteiger partial charge in [0.05, 0.1) is 19.1 Å². The van der Waals surface area contributed by atoms with Crippen molar-refractivity contribution in [1.82, 2.24) is 0 Å². The molecule has 5 nitrogen and oxygen atoms in total. The van der Waals surface area contributed by atoms with Crippen LogP contribution in [0.4, 0.5) is 11.4 Å². The summed E-state index contributed by atoms with van der Waals surface area (Å²) < 4.78 is 17.0. The minimum atomic E-state index is -2.33. The van der Waals surface area contributed by atoms with Gasteiger partial charge in [0.1, 0.15) is 5.75 Å². The molecule has 0 atom stereocenters. The molecule has 4 N–H and O–H groups in total. The summed E-state index contributed by atoms with van der Waals surface area (Å²) in [7, 11) is 0.766. The van der Waals surface area contributed by atoms with Crippen molar-refractivity contribution in [2.45, 2.75) is 4.90 Å². The van der Waals surface area contributed by atoms with Crippen LogP contribution in [0.25, 0.3) is 0 Å². The molecule has 0 aliphatic heterocycles. The normalized spacial score (nSPS) is 12.1. The predicted molar refractivity (Wildman–Crippen MR) is 82.2 cm³/mol. The Kier molecular flexibility index (Phi) is 4.39. The number of anilines is 2. The van der Waals surface area contributed by atoms with Gasteiger partial charge >= 0.3 is 0 Å². The molecule has 0 aliphatic carbocycles. The quantitative estimate of drug-likeness (QED) is 0.828. The zero-order chi connectivity index (χ0) is 14.6. The first kappa shape index (κ1) is 14.5. The van der Waals surface area contributed by atoms with Crippen molar-refractivity contribution in [3.05, 3.63) is 48.5 Å². The summed E-state index contributed by atoms with van der Waals surface area (Å²) in [5, 5.41) is 0. The molecule has 0 amide bonds. The highest BCUT2D eigenvalue weighted by Crippen LogP contribution is 2.57. The summed E-state index contributed by atoms with van der Waals surface area (Å²) in [5.74, 6) is 0.620. The highest BCUT2D eigenvalue weighted by molar-refractivity contribution is 8.22. The first-order valence-corrected chi connectivity index (χ1v) is 7.35. The second-order valence-corrected chi connectivity index (χ2v) is 6.22. The molecule has 0 fully saturated rings. The first-order valence-electron chi connectivity index (χ1n) is 5.94. The Hall–Kier alpha value is -1.89. The van der Waals surface area contributed by atoms with Gasteiger partial charge in [-0.25, -0.2) is 0 Å². The van der Waals surface area contributed by atoms with E-state index < -0.39 is 10.9 Å². The van der Waals surface area contributed by atoms with Gasteiger partial charge in [0, 0.05) is 11.4 Å². The Balaban J connectivity index is 2.33. The van der Waals surface area contributed by atoms with Gasteiger partial charge in [-0.3, -0.25) is 8.37 Å². The zero-order valence-electron chi connectivity index (χ0n) is 11.4. The van der Waals surface area contributed by atoms with Crippen LogP contribution in [0.15, 0.2) is 53.4 Å². The summed E-state index contributed by atoms with van der Waals surface area (Å²) in [6, 6.07) is 14.3. The van der Waals surface area contributed by atoms with E-state index in [0.29, 0.717) is 17.1 Å². The van der Waals surface area contributed by atoms with Gasteiger partial charge in [0.15, 0.2) is 10.9 Å². The van der Waals surface area contributed by atoms with E-state index in [1.165, 1.54) is 0 Å². The lowest BCUT2D eigenvalue weighted by atomic mass is 10.3. The van der Waals surface area contributed by atoms with Crippen molar-refractivity contribution < 1.29 is 12.5 Å². The molecule has 0 aromatic heterocycles. The largest absolute Gasteiger partial charge is 0.399 e. The number of nitrogen functional groups attached to an aromatic ring is 2. The molecular weight excluding hydrogens is 276 g/mol. The van der Waals surface area contributed by atoms with E-state index in [9.17, 15) is 0 Å². The van der Waals surface area contributed by atoms with Gasteiger partial charge in [-0.1, -0.05) is 0 Å². The van der Waals surface area contributed by atoms with E-state index in [1.807, 2.05) is 12.1 Å². The van der Waals surface area contributed by atoms with Crippen molar-refractivity contribution in [2.75, 3.05) is 25.7 Å². The smallest absolute Gasteiger partial charge is 0.166 e. The maximum absolute atomic E-state index is 5.92. The van der Waals surface area contributed by atoms with Crippen LogP contribution in [0.1, 0.15) is 0 Å². The molecule has 20 heavy (non-hydrogen) atoms. The molecule has 108 valence electrons. The third-order valence-electron chi connectivity index (χ3n) is 2.69. The average molecular weight is 294 g/mol. The third-order valence-corrected chi connectivity index (χ3v) is 4.83. The number of nitrogens with two attached hydrogens (primary N) is 2. The molecule has 2 rings (SSSR count). The Labute approximate surface area is 120 Å². The number of hydrogen-bond donors (Lipinski definition) is 2. The molecule has 2 aromatic rings. The molecule has 6 heteroatoms. The van der Waals surface area contributed by atoms with Crippen LogP contribution in [0.3, 0.4) is 0 Å². The van der Waals surface area contributed by atoms with Crippen LogP contribution in [0.5, 0.6) is 5.75 Å². The molecule has 0 saturated carbocycles. The lowest BCUT2D eigenvalue weighted by Gasteiger charge is -2.35. The van der Waals surface area contributed by atoms with Crippen LogP contribution in [-0.2, 0) is 8.37 Å². The lowest BCUT2D eigenvalue weighted by Crippen LogP contribution is -2.12. The monoisotopic (exact) mass is 294 g/mol. The maximum Gasteiger partial charge on any atom is 0.166 e. The molecule has 0 bridgehead atoms. The zero-order valence-corrected chi connectivity index (χ0v) is 12.2. The Bertz CT molecular complexity index is 554. The summed E-state index contributed by atoms with van der Waals surface area (Å²) in [6.07, 6.45) is 0. The van der Waals surface area contributed by atoms with Crippen LogP contribution >= 0.6 is 10.9 Å². The molecule has 0 unspecified atom stereocenters. The average Bonchev–Trinajstić information content (AvgIpc) is 2.48. The van der Waals surface area contributed by atoms with E-state index in [-0.39, 0.29) is 0 Å². The van der Waals surface area contributed by atoms with Gasteiger partial charge in [0.2, 0.25) is 0 Å². The number of benzene rings is 2. The number of hydrogen-bond acceptors (Lipinski definition) is 5. The fourth-order valence-corrected chi connectivity index (χ4v) is 3.25. The Morgan fingerprint density at radius 3 is 1.65 bits per heavy atom. The summed E-state index contributed by atoms with van der Waals surface area (Å²) in [6.45, 7) is 0. The first-order chi connectivity index (χ1) is 9.59. The third kappa shape index (κ3) is 2.98. The molecule has 0 spiro atoms. The topological polar surface area (TPSA) is 79.7 Å². The van der Waals surface area contributed by atoms with Gasteiger partial charge in [-0.05, 0) is 48.5 Å². The van der Waals surface area contributed by atoms with Crippen LogP contribution in [0.2, 0.25) is 0 Å². The maximum atomic E-state index is 5.92. The molecule has 0 saturated heterocycles. The fraction of sp³-hybridized carbons (Fsp3) is 0.143. The highest BCUT2D eigenvalue weighted by atomic mass is 32.3. The van der Waals surface area contributed by atoms with Gasteiger partial charge in [-0.2, -0.15) is 0 Å². The van der Waals surface area contributed by atoms with Crippen molar-refractivity contribution in [1.29, 1.82) is 0 Å². The van der Waals surface area contributed by atoms with E-state index in [0.717, 1.165) is 4.90 Å². The van der Waals surface area contributed by atoms with E-state index in [1.54, 1.807) is 50.6 Å². The van der Waals surface area contributed by atoms with Crippen LogP contribution < -0.4 is 15.7 Å². The summed E-state index contributed by atoms with van der Waals surface area (Å²) >= 11 is 0. The van der Waals surface area contributed by atoms with Crippen molar-refractivity contribution >= 4 is 22.2 Å². The SMILES string of the molecule is COS(OC)(Oc1ccc(N)cc1)c1ccc(N)cc1. The van der Waals surface area contributed by atoms with Gasteiger partial charge in [-0.15, -0.1) is 0 Å². The van der Waals surface area contributed by atoms with E-state index in [2.05, 4.69) is 0 Å². The molecule has 2 aromatic carbocycles. The van der Waals surface area contributed by atoms with E-state index in [4.69, 9.17) is 24.0 Å². The van der Waals surface area contributed by atoms with E-state index >= 15 is 0 Å². The highest BCUT2D eigenvalue weighted by Gasteiger charge is 2.29. The predicted octanol–water partition coefficient (Wildman–Crippen LogP) is 3.13. The Morgan fingerprint density at radius 1 is 0.750 bits per heavy atom. The lowest BCUT2D eigenvalue weighted by molar-refractivity contribution is 0.285. The minimum absolute atomic E-state index is 0.620. The number of rotatable bonds is 5. The molecular formula is C14H18N2O3S. The minimum Gasteiger partial charge on any atom is -0.399 e. The van der Waals surface area contributed by atoms with Crippen molar-refractivity contribution in [2.24, 2.45) is 0 Å². The second kappa shape index (κ2) is 6.04.